The number of nitro groups is 1. The molecule has 2 rings (SSSR count). The van der Waals surface area contributed by atoms with Crippen molar-refractivity contribution in [2.75, 3.05) is 41.9 Å². The van der Waals surface area contributed by atoms with E-state index >= 15 is 0 Å². The lowest BCUT2D eigenvalue weighted by Crippen LogP contribution is -2.26. The van der Waals surface area contributed by atoms with Crippen LogP contribution in [0.1, 0.15) is 71.1 Å². The van der Waals surface area contributed by atoms with Crippen LogP contribution in [-0.2, 0) is 4.79 Å². The van der Waals surface area contributed by atoms with Crippen molar-refractivity contribution in [3.63, 3.8) is 0 Å². The van der Waals surface area contributed by atoms with E-state index in [0.29, 0.717) is 17.1 Å². The fourth-order valence-corrected chi connectivity index (χ4v) is 4.13. The highest BCUT2D eigenvalue weighted by Gasteiger charge is 2.16. The molecule has 0 unspecified atom stereocenters. The molecule has 0 aliphatic carbocycles. The van der Waals surface area contributed by atoms with E-state index in [9.17, 15) is 14.9 Å². The number of allylic oxidation sites excluding steroid dienone is 2. The molecule has 0 radical (unpaired) electrons. The Bertz CT molecular complexity index is 1040. The largest absolute Gasteiger partial charge is 0.495 e. The summed E-state index contributed by atoms with van der Waals surface area (Å²) in [5, 5.41) is 12.9. The van der Waals surface area contributed by atoms with E-state index in [2.05, 4.69) is 23.4 Å². The van der Waals surface area contributed by atoms with Gasteiger partial charge in [-0.25, -0.2) is 0 Å². The van der Waals surface area contributed by atoms with Crippen LogP contribution >= 0.6 is 0 Å². The van der Waals surface area contributed by atoms with Crippen LogP contribution in [0.2, 0.25) is 0 Å². The first kappa shape index (κ1) is 34.0. The zero-order chi connectivity index (χ0) is 29.8. The third-order valence-corrected chi connectivity index (χ3v) is 6.28. The van der Waals surface area contributed by atoms with Gasteiger partial charge in [-0.15, -0.1) is 13.2 Å². The maximum absolute atomic E-state index is 11.6. The Labute approximate surface area is 239 Å². The molecule has 0 aliphatic heterocycles. The lowest BCUT2D eigenvalue weighted by Gasteiger charge is -2.28. The predicted octanol–water partition coefficient (Wildman–Crippen LogP) is 7.49. The molecule has 0 fully saturated rings. The fourth-order valence-electron chi connectivity index (χ4n) is 4.13. The van der Waals surface area contributed by atoms with Gasteiger partial charge in [-0.3, -0.25) is 14.9 Å². The smallest absolute Gasteiger partial charge is 0.269 e. The number of anilines is 4. The van der Waals surface area contributed by atoms with Crippen molar-refractivity contribution >= 4 is 34.3 Å². The molecule has 0 aromatic heterocycles. The third kappa shape index (κ3) is 13.7. The Morgan fingerprint density at radius 2 is 1.48 bits per heavy atom. The van der Waals surface area contributed by atoms with Gasteiger partial charge in [-0.1, -0.05) is 37.8 Å². The molecular formula is C31H47N5O4. The van der Waals surface area contributed by atoms with Crippen LogP contribution in [0.15, 0.2) is 61.7 Å². The van der Waals surface area contributed by atoms with E-state index in [4.69, 9.17) is 16.2 Å². The molecule has 0 aliphatic rings. The first-order valence-electron chi connectivity index (χ1n) is 13.9. The molecule has 220 valence electrons. The number of benzene rings is 2. The minimum atomic E-state index is -0.459. The minimum absolute atomic E-state index is 0.0641. The molecule has 5 N–H and O–H groups in total. The van der Waals surface area contributed by atoms with E-state index in [1.54, 1.807) is 7.11 Å². The normalized spacial score (nSPS) is 10.2. The second kappa shape index (κ2) is 20.0. The van der Waals surface area contributed by atoms with Crippen molar-refractivity contribution in [3.05, 3.63) is 71.8 Å². The van der Waals surface area contributed by atoms with Crippen molar-refractivity contribution < 1.29 is 14.5 Å². The van der Waals surface area contributed by atoms with Crippen LogP contribution in [0, 0.1) is 10.1 Å². The number of nitro benzene ring substituents is 1. The van der Waals surface area contributed by atoms with Gasteiger partial charge >= 0.3 is 0 Å². The van der Waals surface area contributed by atoms with Crippen molar-refractivity contribution in [1.82, 2.24) is 0 Å². The Hall–Kier alpha value is -4.01. The summed E-state index contributed by atoms with van der Waals surface area (Å²) in [6.07, 6.45) is 15.6. The van der Waals surface area contributed by atoms with Crippen molar-refractivity contribution in [3.8, 4) is 5.75 Å². The highest BCUT2D eigenvalue weighted by molar-refractivity contribution is 5.94. The zero-order valence-electron chi connectivity index (χ0n) is 24.2. The molecule has 0 spiro atoms. The number of carbonyl (C=O) groups is 1. The maximum atomic E-state index is 11.6. The van der Waals surface area contributed by atoms with Gasteiger partial charge in [0.1, 0.15) is 5.75 Å². The second-order valence-electron chi connectivity index (χ2n) is 9.61. The van der Waals surface area contributed by atoms with Crippen LogP contribution in [0.3, 0.4) is 0 Å². The summed E-state index contributed by atoms with van der Waals surface area (Å²) in [7, 11) is 1.67. The summed E-state index contributed by atoms with van der Waals surface area (Å²) < 4.78 is 5.63. The number of ether oxygens (including phenoxy) is 1. The monoisotopic (exact) mass is 553 g/mol. The molecule has 0 bridgehead atoms. The number of methoxy groups -OCH3 is 1. The zero-order valence-corrected chi connectivity index (χ0v) is 24.2. The first-order valence-corrected chi connectivity index (χ1v) is 13.9. The molecule has 0 saturated carbocycles. The molecule has 2 aromatic rings. The first-order chi connectivity index (χ1) is 19.2. The van der Waals surface area contributed by atoms with Gasteiger partial charge in [-0.05, 0) is 56.7 Å². The number of non-ortho nitro benzene ring substituents is 1. The lowest BCUT2D eigenvalue weighted by atomic mass is 10.1. The van der Waals surface area contributed by atoms with Gasteiger partial charge in [0.25, 0.3) is 5.69 Å². The number of nitrogens with two attached hydrogens (primary N) is 2. The quantitative estimate of drug-likeness (QED) is 0.0571. The number of nitrogens with zero attached hydrogens (tertiary/aromatic N) is 2. The minimum Gasteiger partial charge on any atom is -0.495 e. The summed E-state index contributed by atoms with van der Waals surface area (Å²) in [6.45, 7) is 11.0. The number of carbonyl (C=O) groups excluding carboxylic acids is 1. The lowest BCUT2D eigenvalue weighted by molar-refractivity contribution is -0.384. The Kier molecular flexibility index (Phi) is 17.0. The van der Waals surface area contributed by atoms with Crippen LogP contribution in [-0.4, -0.2) is 31.0 Å². The standard InChI is InChI=1S/C25H41N3O2.C6H6N2O2/c1-5-7-9-11-13-15-17-28(18-16-14-12-10-8-6-2)24-20-23(27-21(3)29)22(26)19-25(24)30-4;7-5-1-3-6(4-2-5)8(9)10/h5-6,19-20H,1-2,7-18,26H2,3-4H3,(H,27,29);1-4H,7H2. The van der Waals surface area contributed by atoms with Crippen molar-refractivity contribution in [1.29, 1.82) is 0 Å². The number of hydrogen-bond acceptors (Lipinski definition) is 7. The third-order valence-electron chi connectivity index (χ3n) is 6.28. The van der Waals surface area contributed by atoms with Crippen molar-refractivity contribution in [2.45, 2.75) is 71.1 Å². The van der Waals surface area contributed by atoms with E-state index in [-0.39, 0.29) is 11.6 Å². The number of amides is 1. The summed E-state index contributed by atoms with van der Waals surface area (Å²) in [5.74, 6) is 0.619. The summed E-state index contributed by atoms with van der Waals surface area (Å²) in [6, 6.07) is 9.49. The molecule has 0 heterocycles. The highest BCUT2D eigenvalue weighted by atomic mass is 16.6. The number of unbranched alkanes of at least 4 members (excludes halogenated alkanes) is 8. The number of hydrogen-bond donors (Lipinski definition) is 3. The molecular weight excluding hydrogens is 506 g/mol. The van der Waals surface area contributed by atoms with Crippen LogP contribution in [0.5, 0.6) is 5.75 Å². The number of nitrogens with one attached hydrogen (secondary N) is 1. The van der Waals surface area contributed by atoms with Crippen LogP contribution < -0.4 is 26.4 Å². The molecule has 2 aromatic carbocycles. The topological polar surface area (TPSA) is 137 Å². The summed E-state index contributed by atoms with van der Waals surface area (Å²) in [5.41, 5.74) is 14.2. The molecule has 9 heteroatoms. The van der Waals surface area contributed by atoms with Gasteiger partial charge in [0.05, 0.1) is 29.1 Å². The van der Waals surface area contributed by atoms with Crippen molar-refractivity contribution in [2.24, 2.45) is 0 Å². The van der Waals surface area contributed by atoms with Gasteiger partial charge in [-0.2, -0.15) is 0 Å². The second-order valence-corrected chi connectivity index (χ2v) is 9.61. The molecule has 0 saturated heterocycles. The maximum Gasteiger partial charge on any atom is 0.269 e. The molecule has 40 heavy (non-hydrogen) atoms. The van der Waals surface area contributed by atoms with E-state index < -0.39 is 4.92 Å². The summed E-state index contributed by atoms with van der Waals surface area (Å²) >= 11 is 0. The van der Waals surface area contributed by atoms with E-state index in [0.717, 1.165) is 50.2 Å². The van der Waals surface area contributed by atoms with Gasteiger partial charge in [0, 0.05) is 43.9 Å². The Balaban J connectivity index is 0.000000667. The van der Waals surface area contributed by atoms with Crippen LogP contribution in [0.25, 0.3) is 0 Å². The van der Waals surface area contributed by atoms with Crippen LogP contribution in [0.4, 0.5) is 28.4 Å². The SMILES string of the molecule is C=CCCCCCCN(CCCCCCC=C)c1cc(NC(C)=O)c(N)cc1OC.Nc1ccc([N+](=O)[O-])cc1. The Morgan fingerprint density at radius 1 is 0.950 bits per heavy atom. The Morgan fingerprint density at radius 3 is 1.93 bits per heavy atom. The predicted molar refractivity (Wildman–Crippen MR) is 168 cm³/mol. The van der Waals surface area contributed by atoms with E-state index in [1.807, 2.05) is 24.3 Å². The van der Waals surface area contributed by atoms with Gasteiger partial charge < -0.3 is 26.4 Å². The number of nitrogen functional groups attached to an aromatic ring is 2. The van der Waals surface area contributed by atoms with E-state index in [1.165, 1.54) is 69.7 Å². The number of rotatable bonds is 18. The van der Waals surface area contributed by atoms with Gasteiger partial charge in [0.15, 0.2) is 0 Å². The summed E-state index contributed by atoms with van der Waals surface area (Å²) in [4.78, 5) is 23.6. The molecule has 1 amide bonds. The highest BCUT2D eigenvalue weighted by Crippen LogP contribution is 2.36. The fraction of sp³-hybridized carbons (Fsp3) is 0.452. The average molecular weight is 554 g/mol. The van der Waals surface area contributed by atoms with Gasteiger partial charge in [0.2, 0.25) is 5.91 Å². The molecule has 0 atom stereocenters. The average Bonchev–Trinajstić information content (AvgIpc) is 2.92. The molecule has 9 nitrogen and oxygen atoms in total.